The molecule has 0 saturated carbocycles. The van der Waals surface area contributed by atoms with Gasteiger partial charge < -0.3 is 5.32 Å². The second-order valence-electron chi connectivity index (χ2n) is 5.32. The van der Waals surface area contributed by atoms with Crippen LogP contribution >= 0.6 is 0 Å². The van der Waals surface area contributed by atoms with Gasteiger partial charge in [0.15, 0.2) is 0 Å². The molecule has 100 valence electrons. The van der Waals surface area contributed by atoms with E-state index in [0.29, 0.717) is 6.04 Å². The van der Waals surface area contributed by atoms with Crippen molar-refractivity contribution in [3.63, 3.8) is 0 Å². The highest BCUT2D eigenvalue weighted by Crippen LogP contribution is 2.13. The molecule has 1 heterocycles. The van der Waals surface area contributed by atoms with Crippen molar-refractivity contribution >= 4 is 0 Å². The second-order valence-corrected chi connectivity index (χ2v) is 5.32. The Kier molecular flexibility index (Phi) is 5.17. The van der Waals surface area contributed by atoms with Gasteiger partial charge in [-0.15, -0.1) is 0 Å². The van der Waals surface area contributed by atoms with Gasteiger partial charge in [-0.3, -0.25) is 10.9 Å². The van der Waals surface area contributed by atoms with Crippen LogP contribution in [0.4, 0.5) is 0 Å². The minimum Gasteiger partial charge on any atom is -0.313 e. The molecular formula is C15H25N3. The molecule has 3 heteroatoms. The quantitative estimate of drug-likeness (QED) is 0.673. The number of hydrogen-bond acceptors (Lipinski definition) is 3. The fourth-order valence-corrected chi connectivity index (χ4v) is 2.52. The first-order chi connectivity index (χ1) is 8.77. The zero-order valence-electron chi connectivity index (χ0n) is 11.5. The topological polar surface area (TPSA) is 36.1 Å². The molecule has 1 fully saturated rings. The summed E-state index contributed by atoms with van der Waals surface area (Å²) >= 11 is 0. The number of aryl methyl sites for hydroxylation is 1. The second kappa shape index (κ2) is 6.88. The van der Waals surface area contributed by atoms with Gasteiger partial charge in [0.2, 0.25) is 0 Å². The Morgan fingerprint density at radius 3 is 2.89 bits per heavy atom. The lowest BCUT2D eigenvalue weighted by molar-refractivity contribution is 0.439. The average Bonchev–Trinajstić information content (AvgIpc) is 2.77. The number of benzene rings is 1. The summed E-state index contributed by atoms with van der Waals surface area (Å²) in [7, 11) is 0. The first-order valence-corrected chi connectivity index (χ1v) is 7.01. The minimum absolute atomic E-state index is 0.612. The molecule has 1 aromatic rings. The van der Waals surface area contributed by atoms with Gasteiger partial charge in [-0.1, -0.05) is 24.3 Å². The molecule has 0 aromatic heterocycles. The molecule has 2 rings (SSSR count). The maximum absolute atomic E-state index is 3.54. The Labute approximate surface area is 110 Å². The third-order valence-corrected chi connectivity index (χ3v) is 3.91. The Morgan fingerprint density at radius 1 is 1.33 bits per heavy atom. The number of hydrazine groups is 1. The Balaban J connectivity index is 1.60. The SMILES string of the molecule is Cc1ccccc1CNCCCC1CNNC1C. The molecule has 2 unspecified atom stereocenters. The summed E-state index contributed by atoms with van der Waals surface area (Å²) in [6.45, 7) is 7.64. The van der Waals surface area contributed by atoms with Gasteiger partial charge >= 0.3 is 0 Å². The van der Waals surface area contributed by atoms with E-state index in [1.807, 2.05) is 0 Å². The summed E-state index contributed by atoms with van der Waals surface area (Å²) in [6.07, 6.45) is 2.55. The highest BCUT2D eigenvalue weighted by Gasteiger charge is 2.21. The van der Waals surface area contributed by atoms with Crippen LogP contribution in [0.2, 0.25) is 0 Å². The molecule has 1 aliphatic heterocycles. The van der Waals surface area contributed by atoms with Crippen LogP contribution in [-0.4, -0.2) is 19.1 Å². The average molecular weight is 247 g/mol. The first kappa shape index (κ1) is 13.5. The fraction of sp³-hybridized carbons (Fsp3) is 0.600. The zero-order chi connectivity index (χ0) is 12.8. The molecule has 0 amide bonds. The summed E-state index contributed by atoms with van der Waals surface area (Å²) in [5.41, 5.74) is 9.29. The largest absolute Gasteiger partial charge is 0.313 e. The summed E-state index contributed by atoms with van der Waals surface area (Å²) in [6, 6.07) is 9.20. The van der Waals surface area contributed by atoms with Crippen LogP contribution in [0.5, 0.6) is 0 Å². The van der Waals surface area contributed by atoms with Crippen molar-refractivity contribution in [3.05, 3.63) is 35.4 Å². The molecule has 0 radical (unpaired) electrons. The van der Waals surface area contributed by atoms with Crippen LogP contribution in [0.15, 0.2) is 24.3 Å². The molecule has 18 heavy (non-hydrogen) atoms. The summed E-state index contributed by atoms with van der Waals surface area (Å²) in [5, 5.41) is 3.54. The van der Waals surface area contributed by atoms with Gasteiger partial charge in [0.05, 0.1) is 0 Å². The fourth-order valence-electron chi connectivity index (χ4n) is 2.52. The van der Waals surface area contributed by atoms with E-state index < -0.39 is 0 Å². The van der Waals surface area contributed by atoms with Crippen LogP contribution < -0.4 is 16.2 Å². The van der Waals surface area contributed by atoms with E-state index in [0.717, 1.165) is 25.6 Å². The lowest BCUT2D eigenvalue weighted by Gasteiger charge is -2.13. The highest BCUT2D eigenvalue weighted by atomic mass is 15.4. The third-order valence-electron chi connectivity index (χ3n) is 3.91. The van der Waals surface area contributed by atoms with Gasteiger partial charge in [0.25, 0.3) is 0 Å². The van der Waals surface area contributed by atoms with Crippen LogP contribution in [0.25, 0.3) is 0 Å². The first-order valence-electron chi connectivity index (χ1n) is 7.01. The molecule has 2 atom stereocenters. The molecule has 0 spiro atoms. The molecule has 3 nitrogen and oxygen atoms in total. The molecule has 1 aliphatic rings. The maximum atomic E-state index is 3.54. The molecule has 3 N–H and O–H groups in total. The predicted octanol–water partition coefficient (Wildman–Crippen LogP) is 1.98. The smallest absolute Gasteiger partial charge is 0.0225 e. The van der Waals surface area contributed by atoms with Gasteiger partial charge in [0, 0.05) is 19.1 Å². The van der Waals surface area contributed by atoms with Gasteiger partial charge in [-0.25, -0.2) is 0 Å². The van der Waals surface area contributed by atoms with Gasteiger partial charge in [-0.2, -0.15) is 0 Å². The van der Waals surface area contributed by atoms with Crippen molar-refractivity contribution in [2.24, 2.45) is 5.92 Å². The molecule has 1 saturated heterocycles. The summed E-state index contributed by atoms with van der Waals surface area (Å²) in [4.78, 5) is 0. The molecule has 0 bridgehead atoms. The third kappa shape index (κ3) is 3.80. The van der Waals surface area contributed by atoms with Crippen LogP contribution in [-0.2, 0) is 6.54 Å². The van der Waals surface area contributed by atoms with E-state index in [4.69, 9.17) is 0 Å². The highest BCUT2D eigenvalue weighted by molar-refractivity contribution is 5.25. The van der Waals surface area contributed by atoms with E-state index >= 15 is 0 Å². The maximum Gasteiger partial charge on any atom is 0.0225 e. The van der Waals surface area contributed by atoms with Crippen molar-refractivity contribution in [2.45, 2.75) is 39.3 Å². The van der Waals surface area contributed by atoms with Gasteiger partial charge in [-0.05, 0) is 50.3 Å². The monoisotopic (exact) mass is 247 g/mol. The number of rotatable bonds is 6. The number of nitrogens with one attached hydrogen (secondary N) is 3. The lowest BCUT2D eigenvalue weighted by atomic mass is 9.98. The summed E-state index contributed by atoms with van der Waals surface area (Å²) in [5.74, 6) is 0.783. The zero-order valence-corrected chi connectivity index (χ0v) is 11.5. The molecular weight excluding hydrogens is 222 g/mol. The van der Waals surface area contributed by atoms with Crippen molar-refractivity contribution in [3.8, 4) is 0 Å². The number of hydrogen-bond donors (Lipinski definition) is 3. The normalized spacial score (nSPS) is 23.4. The van der Waals surface area contributed by atoms with Gasteiger partial charge in [0.1, 0.15) is 0 Å². The molecule has 1 aromatic carbocycles. The van der Waals surface area contributed by atoms with E-state index in [-0.39, 0.29) is 0 Å². The summed E-state index contributed by atoms with van der Waals surface area (Å²) < 4.78 is 0. The van der Waals surface area contributed by atoms with E-state index in [2.05, 4.69) is 54.3 Å². The minimum atomic E-state index is 0.612. The van der Waals surface area contributed by atoms with E-state index in [1.165, 1.54) is 24.0 Å². The van der Waals surface area contributed by atoms with Crippen LogP contribution in [0.3, 0.4) is 0 Å². The van der Waals surface area contributed by atoms with E-state index in [9.17, 15) is 0 Å². The Bertz CT molecular complexity index is 365. The Morgan fingerprint density at radius 2 is 2.17 bits per heavy atom. The van der Waals surface area contributed by atoms with E-state index in [1.54, 1.807) is 0 Å². The van der Waals surface area contributed by atoms with Crippen molar-refractivity contribution < 1.29 is 0 Å². The Hall–Kier alpha value is -0.900. The van der Waals surface area contributed by atoms with Crippen molar-refractivity contribution in [2.75, 3.05) is 13.1 Å². The van der Waals surface area contributed by atoms with Crippen LogP contribution in [0.1, 0.15) is 30.9 Å². The van der Waals surface area contributed by atoms with Crippen LogP contribution in [0, 0.1) is 12.8 Å². The van der Waals surface area contributed by atoms with Crippen molar-refractivity contribution in [1.82, 2.24) is 16.2 Å². The lowest BCUT2D eigenvalue weighted by Crippen LogP contribution is -2.28. The molecule has 0 aliphatic carbocycles. The standard InChI is InChI=1S/C15H25N3/c1-12-6-3-4-7-14(12)10-16-9-5-8-15-11-17-18-13(15)2/h3-4,6-7,13,15-18H,5,8-11H2,1-2H3. The predicted molar refractivity (Wildman–Crippen MR) is 76.2 cm³/mol. The van der Waals surface area contributed by atoms with Crippen molar-refractivity contribution in [1.29, 1.82) is 0 Å².